The van der Waals surface area contributed by atoms with Crippen LogP contribution < -0.4 is 5.32 Å². The van der Waals surface area contributed by atoms with E-state index in [1.165, 1.54) is 25.7 Å². The van der Waals surface area contributed by atoms with Gasteiger partial charge >= 0.3 is 0 Å². The van der Waals surface area contributed by atoms with Crippen LogP contribution in [0.25, 0.3) is 0 Å². The summed E-state index contributed by atoms with van der Waals surface area (Å²) in [6.07, 6.45) is 8.07. The van der Waals surface area contributed by atoms with Crippen molar-refractivity contribution in [3.63, 3.8) is 0 Å². The normalized spacial score (nSPS) is 21.0. The second-order valence-corrected chi connectivity index (χ2v) is 6.13. The van der Waals surface area contributed by atoms with Crippen molar-refractivity contribution in [2.75, 3.05) is 39.4 Å². The molecule has 22 heavy (non-hydrogen) atoms. The van der Waals surface area contributed by atoms with E-state index in [0.717, 1.165) is 51.0 Å². The maximum Gasteiger partial charge on any atom is 0.193 e. The Balaban J connectivity index is 0.00000242. The smallest absolute Gasteiger partial charge is 0.193 e. The van der Waals surface area contributed by atoms with Crippen LogP contribution in [0.2, 0.25) is 0 Å². The van der Waals surface area contributed by atoms with Crippen molar-refractivity contribution in [1.82, 2.24) is 10.2 Å². The number of aliphatic hydroxyl groups is 1. The lowest BCUT2D eigenvalue weighted by Crippen LogP contribution is -2.47. The summed E-state index contributed by atoms with van der Waals surface area (Å²) in [5, 5.41) is 12.2. The topological polar surface area (TPSA) is 57.1 Å². The monoisotopic (exact) mass is 425 g/mol. The number of ether oxygens (including phenoxy) is 1. The van der Waals surface area contributed by atoms with Gasteiger partial charge in [0.25, 0.3) is 0 Å². The number of likely N-dealkylation sites (tertiary alicyclic amines) is 1. The molecule has 1 aliphatic heterocycles. The zero-order valence-corrected chi connectivity index (χ0v) is 16.1. The lowest BCUT2D eigenvalue weighted by atomic mass is 10.1. The Labute approximate surface area is 151 Å². The van der Waals surface area contributed by atoms with Gasteiger partial charge in [0.2, 0.25) is 0 Å². The number of rotatable bonds is 6. The standard InChI is InChI=1S/C16H31N3O2.HI/c1-2-17-16(18-9-12-20)19-10-7-15(8-11-19)21-13-14-5-3-4-6-14;/h14-15,20H,2-13H2,1H3,(H,17,18);1H. The predicted octanol–water partition coefficient (Wildman–Crippen LogP) is 2.23. The van der Waals surface area contributed by atoms with Crippen LogP contribution in [0.1, 0.15) is 45.4 Å². The van der Waals surface area contributed by atoms with Gasteiger partial charge in [0.15, 0.2) is 5.96 Å². The number of hydrogen-bond donors (Lipinski definition) is 2. The van der Waals surface area contributed by atoms with Gasteiger partial charge in [0, 0.05) is 26.2 Å². The molecule has 1 heterocycles. The number of nitrogens with zero attached hydrogens (tertiary/aromatic N) is 2. The summed E-state index contributed by atoms with van der Waals surface area (Å²) in [7, 11) is 0. The number of halogens is 1. The fraction of sp³-hybridized carbons (Fsp3) is 0.938. The zero-order chi connectivity index (χ0) is 14.9. The van der Waals surface area contributed by atoms with E-state index in [4.69, 9.17) is 9.84 Å². The van der Waals surface area contributed by atoms with Crippen molar-refractivity contribution >= 4 is 29.9 Å². The van der Waals surface area contributed by atoms with E-state index in [1.54, 1.807) is 0 Å². The SMILES string of the molecule is CCNC(=NCCO)N1CCC(OCC2CCCC2)CC1.I. The summed E-state index contributed by atoms with van der Waals surface area (Å²) in [5.41, 5.74) is 0. The third kappa shape index (κ3) is 6.58. The summed E-state index contributed by atoms with van der Waals surface area (Å²) in [5.74, 6) is 1.74. The van der Waals surface area contributed by atoms with Gasteiger partial charge in [0.1, 0.15) is 0 Å². The Morgan fingerprint density at radius 1 is 1.23 bits per heavy atom. The van der Waals surface area contributed by atoms with E-state index in [0.29, 0.717) is 12.6 Å². The molecule has 0 unspecified atom stereocenters. The first-order chi connectivity index (χ1) is 10.3. The number of nitrogens with one attached hydrogen (secondary N) is 1. The molecule has 1 aliphatic carbocycles. The van der Waals surface area contributed by atoms with Gasteiger partial charge < -0.3 is 20.1 Å². The first-order valence-corrected chi connectivity index (χ1v) is 8.59. The first kappa shape index (κ1) is 20.0. The Morgan fingerprint density at radius 2 is 1.91 bits per heavy atom. The molecule has 0 aromatic rings. The molecule has 5 nitrogen and oxygen atoms in total. The molecule has 0 aromatic carbocycles. The molecule has 0 bridgehead atoms. The van der Waals surface area contributed by atoms with Crippen LogP contribution in [0.5, 0.6) is 0 Å². The summed E-state index contributed by atoms with van der Waals surface area (Å²) < 4.78 is 6.11. The van der Waals surface area contributed by atoms with Gasteiger partial charge in [-0.15, -0.1) is 24.0 Å². The van der Waals surface area contributed by atoms with Crippen LogP contribution in [0.15, 0.2) is 4.99 Å². The van der Waals surface area contributed by atoms with Crippen molar-refractivity contribution in [3.8, 4) is 0 Å². The Hall–Kier alpha value is -0.0800. The van der Waals surface area contributed by atoms with Crippen molar-refractivity contribution in [1.29, 1.82) is 0 Å². The van der Waals surface area contributed by atoms with E-state index < -0.39 is 0 Å². The van der Waals surface area contributed by atoms with E-state index in [2.05, 4.69) is 22.1 Å². The van der Waals surface area contributed by atoms with Gasteiger partial charge in [-0.3, -0.25) is 4.99 Å². The van der Waals surface area contributed by atoms with E-state index in [1.807, 2.05) is 0 Å². The molecule has 2 fully saturated rings. The Kier molecular flexibility index (Phi) is 10.4. The fourth-order valence-corrected chi connectivity index (χ4v) is 3.27. The third-order valence-electron chi connectivity index (χ3n) is 4.48. The quantitative estimate of drug-likeness (QED) is 0.390. The molecule has 0 spiro atoms. The molecule has 1 saturated heterocycles. The minimum Gasteiger partial charge on any atom is -0.394 e. The molecule has 130 valence electrons. The van der Waals surface area contributed by atoms with E-state index in [-0.39, 0.29) is 30.6 Å². The molecule has 0 radical (unpaired) electrons. The van der Waals surface area contributed by atoms with Crippen LogP contribution in [-0.2, 0) is 4.74 Å². The average Bonchev–Trinajstić information content (AvgIpc) is 3.03. The number of guanidine groups is 1. The maximum atomic E-state index is 8.92. The van der Waals surface area contributed by atoms with Crippen molar-refractivity contribution in [2.24, 2.45) is 10.9 Å². The second kappa shape index (κ2) is 11.5. The molecule has 2 aliphatic rings. The fourth-order valence-electron chi connectivity index (χ4n) is 3.27. The highest BCUT2D eigenvalue weighted by Gasteiger charge is 2.23. The second-order valence-electron chi connectivity index (χ2n) is 6.13. The van der Waals surface area contributed by atoms with Crippen LogP contribution in [0.3, 0.4) is 0 Å². The molecule has 0 atom stereocenters. The van der Waals surface area contributed by atoms with E-state index >= 15 is 0 Å². The molecule has 1 saturated carbocycles. The van der Waals surface area contributed by atoms with Crippen LogP contribution in [-0.4, -0.2) is 61.5 Å². The molecule has 2 N–H and O–H groups in total. The highest BCUT2D eigenvalue weighted by atomic mass is 127. The maximum absolute atomic E-state index is 8.92. The van der Waals surface area contributed by atoms with Crippen molar-refractivity contribution < 1.29 is 9.84 Å². The van der Waals surface area contributed by atoms with Gasteiger partial charge in [-0.1, -0.05) is 12.8 Å². The van der Waals surface area contributed by atoms with Crippen LogP contribution in [0.4, 0.5) is 0 Å². The molecular formula is C16H32IN3O2. The largest absolute Gasteiger partial charge is 0.394 e. The van der Waals surface area contributed by atoms with Gasteiger partial charge in [-0.05, 0) is 38.5 Å². The summed E-state index contributed by atoms with van der Waals surface area (Å²) in [4.78, 5) is 6.72. The van der Waals surface area contributed by atoms with Gasteiger partial charge in [-0.25, -0.2) is 0 Å². The summed E-state index contributed by atoms with van der Waals surface area (Å²) >= 11 is 0. The molecule has 2 rings (SSSR count). The van der Waals surface area contributed by atoms with Gasteiger partial charge in [-0.2, -0.15) is 0 Å². The highest BCUT2D eigenvalue weighted by Crippen LogP contribution is 2.26. The number of aliphatic imine (C=N–C) groups is 1. The van der Waals surface area contributed by atoms with Crippen LogP contribution >= 0.6 is 24.0 Å². The zero-order valence-electron chi connectivity index (χ0n) is 13.8. The minimum absolute atomic E-state index is 0. The highest BCUT2D eigenvalue weighted by molar-refractivity contribution is 14.0. The summed E-state index contributed by atoms with van der Waals surface area (Å²) in [6, 6.07) is 0. The summed E-state index contributed by atoms with van der Waals surface area (Å²) in [6.45, 7) is 6.47. The average molecular weight is 425 g/mol. The minimum atomic E-state index is 0. The number of hydrogen-bond acceptors (Lipinski definition) is 3. The molecule has 6 heteroatoms. The lowest BCUT2D eigenvalue weighted by molar-refractivity contribution is 0.00100. The first-order valence-electron chi connectivity index (χ1n) is 8.59. The molecular weight excluding hydrogens is 393 g/mol. The van der Waals surface area contributed by atoms with Crippen molar-refractivity contribution in [2.45, 2.75) is 51.6 Å². The lowest BCUT2D eigenvalue weighted by Gasteiger charge is -2.34. The Morgan fingerprint density at radius 3 is 2.50 bits per heavy atom. The van der Waals surface area contributed by atoms with Crippen molar-refractivity contribution in [3.05, 3.63) is 0 Å². The Bertz CT molecular complexity index is 315. The number of piperidine rings is 1. The number of aliphatic hydroxyl groups excluding tert-OH is 1. The molecule has 0 amide bonds. The van der Waals surface area contributed by atoms with Gasteiger partial charge in [0.05, 0.1) is 19.3 Å². The van der Waals surface area contributed by atoms with E-state index in [9.17, 15) is 0 Å². The third-order valence-corrected chi connectivity index (χ3v) is 4.48. The van der Waals surface area contributed by atoms with Crippen LogP contribution in [0, 0.1) is 5.92 Å². The predicted molar refractivity (Wildman–Crippen MR) is 101 cm³/mol. The molecule has 0 aromatic heterocycles.